The predicted octanol–water partition coefficient (Wildman–Crippen LogP) is 0.956. The smallest absolute Gasteiger partial charge is 0.102 e. The van der Waals surface area contributed by atoms with E-state index in [1.165, 1.54) is 25.9 Å². The Hall–Kier alpha value is -0.280. The molecule has 0 bridgehead atoms. The van der Waals surface area contributed by atoms with E-state index < -0.39 is 0 Å². The van der Waals surface area contributed by atoms with Crippen molar-refractivity contribution in [3.63, 3.8) is 0 Å². The molecule has 0 aliphatic carbocycles. The molecular formula is C18H38NO6+. The van der Waals surface area contributed by atoms with Gasteiger partial charge in [-0.05, 0) is 0 Å². The predicted molar refractivity (Wildman–Crippen MR) is 96.0 cm³/mol. The molecule has 7 heteroatoms. The molecule has 1 aliphatic rings. The van der Waals surface area contributed by atoms with Gasteiger partial charge in [-0.3, -0.25) is 0 Å². The van der Waals surface area contributed by atoms with Crippen LogP contribution < -0.4 is 0 Å². The van der Waals surface area contributed by atoms with Crippen molar-refractivity contribution in [1.29, 1.82) is 0 Å². The average molecular weight is 365 g/mol. The molecule has 0 N–H and O–H groups in total. The number of quaternary nitrogens is 1. The van der Waals surface area contributed by atoms with Gasteiger partial charge in [0, 0.05) is 27.1 Å². The molecule has 1 rings (SSSR count). The van der Waals surface area contributed by atoms with Crippen molar-refractivity contribution >= 4 is 0 Å². The molecule has 1 fully saturated rings. The van der Waals surface area contributed by atoms with E-state index >= 15 is 0 Å². The lowest BCUT2D eigenvalue weighted by Gasteiger charge is -2.34. The second-order valence-corrected chi connectivity index (χ2v) is 6.38. The minimum absolute atomic E-state index is 0.631. The molecule has 150 valence electrons. The van der Waals surface area contributed by atoms with Gasteiger partial charge < -0.3 is 32.9 Å². The van der Waals surface area contributed by atoms with E-state index in [9.17, 15) is 0 Å². The Labute approximate surface area is 153 Å². The van der Waals surface area contributed by atoms with Crippen LogP contribution in [-0.2, 0) is 28.4 Å². The molecule has 1 heterocycles. The fourth-order valence-corrected chi connectivity index (χ4v) is 3.01. The number of hydrogen-bond donors (Lipinski definition) is 0. The molecule has 1 aliphatic heterocycles. The van der Waals surface area contributed by atoms with Crippen LogP contribution in [0, 0.1) is 0 Å². The summed E-state index contributed by atoms with van der Waals surface area (Å²) in [7, 11) is 3.36. The van der Waals surface area contributed by atoms with Crippen molar-refractivity contribution in [3.8, 4) is 0 Å². The molecule has 0 saturated carbocycles. The van der Waals surface area contributed by atoms with Crippen LogP contribution in [0.2, 0.25) is 0 Å². The summed E-state index contributed by atoms with van der Waals surface area (Å²) in [5.41, 5.74) is 0. The number of nitrogens with zero attached hydrogens (tertiary/aromatic N) is 1. The summed E-state index contributed by atoms with van der Waals surface area (Å²) in [6.07, 6.45) is 2.61. The SMILES string of the molecule is COCCOCCOCC[N+]1(CCOCCOCCOC)CCCC1. The van der Waals surface area contributed by atoms with E-state index in [0.717, 1.165) is 30.8 Å². The van der Waals surface area contributed by atoms with E-state index in [2.05, 4.69) is 0 Å². The topological polar surface area (TPSA) is 55.4 Å². The zero-order valence-electron chi connectivity index (χ0n) is 16.2. The van der Waals surface area contributed by atoms with Gasteiger partial charge in [-0.25, -0.2) is 0 Å². The first kappa shape index (κ1) is 22.8. The van der Waals surface area contributed by atoms with Crippen molar-refractivity contribution in [3.05, 3.63) is 0 Å². The quantitative estimate of drug-likeness (QED) is 0.267. The van der Waals surface area contributed by atoms with Crippen LogP contribution >= 0.6 is 0 Å². The average Bonchev–Trinajstić information content (AvgIpc) is 3.09. The summed E-state index contributed by atoms with van der Waals surface area (Å²) in [5, 5.41) is 0. The summed E-state index contributed by atoms with van der Waals surface area (Å²) in [6.45, 7) is 11.3. The fourth-order valence-electron chi connectivity index (χ4n) is 3.01. The Kier molecular flexibility index (Phi) is 14.5. The van der Waals surface area contributed by atoms with Crippen molar-refractivity contribution in [2.45, 2.75) is 12.8 Å². The summed E-state index contributed by atoms with van der Waals surface area (Å²) in [5.74, 6) is 0. The number of rotatable bonds is 18. The molecule has 0 atom stereocenters. The van der Waals surface area contributed by atoms with E-state index in [-0.39, 0.29) is 0 Å². The van der Waals surface area contributed by atoms with Crippen LogP contribution in [0.5, 0.6) is 0 Å². The minimum Gasteiger partial charge on any atom is -0.382 e. The highest BCUT2D eigenvalue weighted by Crippen LogP contribution is 2.18. The van der Waals surface area contributed by atoms with Gasteiger partial charge in [-0.2, -0.15) is 0 Å². The van der Waals surface area contributed by atoms with E-state index in [1.54, 1.807) is 14.2 Å². The Morgan fingerprint density at radius 1 is 0.520 bits per heavy atom. The molecule has 0 radical (unpaired) electrons. The molecule has 0 aromatic heterocycles. The fraction of sp³-hybridized carbons (Fsp3) is 1.00. The van der Waals surface area contributed by atoms with Gasteiger partial charge >= 0.3 is 0 Å². The number of likely N-dealkylation sites (tertiary alicyclic amines) is 1. The van der Waals surface area contributed by atoms with Gasteiger partial charge in [0.1, 0.15) is 13.1 Å². The summed E-state index contributed by atoms with van der Waals surface area (Å²) in [4.78, 5) is 0. The third-order valence-corrected chi connectivity index (χ3v) is 4.54. The second-order valence-electron chi connectivity index (χ2n) is 6.38. The monoisotopic (exact) mass is 364 g/mol. The molecule has 0 amide bonds. The molecule has 0 spiro atoms. The Bertz CT molecular complexity index is 265. The lowest BCUT2D eigenvalue weighted by Crippen LogP contribution is -2.49. The van der Waals surface area contributed by atoms with Crippen molar-refractivity contribution in [2.24, 2.45) is 0 Å². The van der Waals surface area contributed by atoms with Gasteiger partial charge in [-0.15, -0.1) is 0 Å². The van der Waals surface area contributed by atoms with Crippen molar-refractivity contribution < 1.29 is 32.9 Å². The maximum Gasteiger partial charge on any atom is 0.102 e. The van der Waals surface area contributed by atoms with Crippen LogP contribution in [0.4, 0.5) is 0 Å². The second kappa shape index (κ2) is 15.9. The zero-order valence-corrected chi connectivity index (χ0v) is 16.2. The van der Waals surface area contributed by atoms with Gasteiger partial charge in [0.2, 0.25) is 0 Å². The third kappa shape index (κ3) is 11.9. The van der Waals surface area contributed by atoms with Crippen molar-refractivity contribution in [2.75, 3.05) is 106 Å². The lowest BCUT2D eigenvalue weighted by molar-refractivity contribution is -0.917. The molecule has 25 heavy (non-hydrogen) atoms. The maximum absolute atomic E-state index is 5.73. The van der Waals surface area contributed by atoms with Gasteiger partial charge in [0.15, 0.2) is 0 Å². The summed E-state index contributed by atoms with van der Waals surface area (Å²) in [6, 6.07) is 0. The Balaban J connectivity index is 2.01. The molecule has 0 aromatic carbocycles. The van der Waals surface area contributed by atoms with Gasteiger partial charge in [-0.1, -0.05) is 0 Å². The minimum atomic E-state index is 0.631. The first-order valence-electron chi connectivity index (χ1n) is 9.47. The Morgan fingerprint density at radius 2 is 0.880 bits per heavy atom. The summed E-state index contributed by atoms with van der Waals surface area (Å²) >= 11 is 0. The van der Waals surface area contributed by atoms with E-state index in [4.69, 9.17) is 28.4 Å². The largest absolute Gasteiger partial charge is 0.382 e. The normalized spacial score (nSPS) is 16.6. The highest BCUT2D eigenvalue weighted by atomic mass is 16.5. The standard InChI is InChI=1S/C18H38NO6/c1-20-11-13-24-17-15-22-9-7-19(5-3-4-6-19)8-10-23-16-18-25-14-12-21-2/h3-18H2,1-2H3/q+1. The molecule has 1 saturated heterocycles. The maximum atomic E-state index is 5.73. The molecule has 0 aromatic rings. The number of methoxy groups -OCH3 is 2. The molecule has 0 unspecified atom stereocenters. The van der Waals surface area contributed by atoms with Crippen LogP contribution in [0.3, 0.4) is 0 Å². The van der Waals surface area contributed by atoms with E-state index in [0.29, 0.717) is 52.9 Å². The first-order valence-corrected chi connectivity index (χ1v) is 9.47. The van der Waals surface area contributed by atoms with Crippen LogP contribution in [0.1, 0.15) is 12.8 Å². The highest BCUT2D eigenvalue weighted by Gasteiger charge is 2.31. The Morgan fingerprint density at radius 3 is 1.28 bits per heavy atom. The lowest BCUT2D eigenvalue weighted by atomic mass is 10.4. The van der Waals surface area contributed by atoms with Crippen LogP contribution in [0.25, 0.3) is 0 Å². The molecule has 7 nitrogen and oxygen atoms in total. The van der Waals surface area contributed by atoms with Crippen LogP contribution in [0.15, 0.2) is 0 Å². The van der Waals surface area contributed by atoms with Gasteiger partial charge in [0.25, 0.3) is 0 Å². The number of ether oxygens (including phenoxy) is 6. The zero-order chi connectivity index (χ0) is 18.1. The third-order valence-electron chi connectivity index (χ3n) is 4.54. The summed E-state index contributed by atoms with van der Waals surface area (Å²) < 4.78 is 33.3. The van der Waals surface area contributed by atoms with Crippen molar-refractivity contribution in [1.82, 2.24) is 0 Å². The first-order chi connectivity index (χ1) is 12.3. The molecular weight excluding hydrogens is 326 g/mol. The van der Waals surface area contributed by atoms with Crippen LogP contribution in [-0.4, -0.2) is 111 Å². The van der Waals surface area contributed by atoms with E-state index in [1.807, 2.05) is 0 Å². The number of hydrogen-bond acceptors (Lipinski definition) is 6. The highest BCUT2D eigenvalue weighted by molar-refractivity contribution is 4.55. The van der Waals surface area contributed by atoms with Gasteiger partial charge in [0.05, 0.1) is 79.2 Å².